The largest absolute Gasteiger partial charge is 0.494 e. The van der Waals surface area contributed by atoms with Gasteiger partial charge in [0.05, 0.1) is 24.8 Å². The van der Waals surface area contributed by atoms with Gasteiger partial charge in [0.15, 0.2) is 17.8 Å². The van der Waals surface area contributed by atoms with Gasteiger partial charge in [-0.2, -0.15) is 0 Å². The van der Waals surface area contributed by atoms with Crippen molar-refractivity contribution >= 4 is 12.3 Å². The molecule has 0 aliphatic carbocycles. The topological polar surface area (TPSA) is 61.8 Å². The van der Waals surface area contributed by atoms with Crippen LogP contribution in [0.25, 0.3) is 0 Å². The zero-order valence-electron chi connectivity index (χ0n) is 13.8. The van der Waals surface area contributed by atoms with Crippen LogP contribution in [-0.2, 0) is 0 Å². The molecule has 0 radical (unpaired) electrons. The molecule has 0 heterocycles. The van der Waals surface area contributed by atoms with Crippen LogP contribution in [0.1, 0.15) is 40.5 Å². The van der Waals surface area contributed by atoms with E-state index in [9.17, 15) is 9.59 Å². The lowest BCUT2D eigenvalue weighted by atomic mass is 10.2. The molecule has 5 heteroatoms. The molecule has 0 bridgehead atoms. The minimum Gasteiger partial charge on any atom is -0.494 e. The van der Waals surface area contributed by atoms with Gasteiger partial charge >= 0.3 is 5.97 Å². The number of ether oxygens (including phenoxy) is 3. The monoisotopic (exact) mass is 328 g/mol. The molecule has 0 saturated heterocycles. The summed E-state index contributed by atoms with van der Waals surface area (Å²) in [6.45, 7) is 2.73. The Hall–Kier alpha value is -2.82. The van der Waals surface area contributed by atoms with Crippen LogP contribution in [0.5, 0.6) is 17.2 Å². The Balaban J connectivity index is 2.11. The van der Waals surface area contributed by atoms with Gasteiger partial charge in [-0.15, -0.1) is 0 Å². The van der Waals surface area contributed by atoms with E-state index in [0.717, 1.165) is 12.8 Å². The third-order valence-corrected chi connectivity index (χ3v) is 3.41. The number of esters is 1. The normalized spacial score (nSPS) is 10.1. The van der Waals surface area contributed by atoms with Crippen molar-refractivity contribution in [2.24, 2.45) is 0 Å². The molecule has 2 aromatic carbocycles. The quantitative estimate of drug-likeness (QED) is 0.318. The lowest BCUT2D eigenvalue weighted by Gasteiger charge is -2.11. The summed E-state index contributed by atoms with van der Waals surface area (Å²) in [5.41, 5.74) is 0.614. The van der Waals surface area contributed by atoms with Crippen LogP contribution >= 0.6 is 0 Å². The maximum absolute atomic E-state index is 12.3. The minimum atomic E-state index is -0.567. The maximum Gasteiger partial charge on any atom is 0.343 e. The van der Waals surface area contributed by atoms with Crippen LogP contribution < -0.4 is 14.2 Å². The zero-order valence-corrected chi connectivity index (χ0v) is 13.8. The average Bonchev–Trinajstić information content (AvgIpc) is 2.62. The average molecular weight is 328 g/mol. The van der Waals surface area contributed by atoms with Crippen molar-refractivity contribution in [3.05, 3.63) is 53.6 Å². The minimum absolute atomic E-state index is 0.114. The Labute approximate surface area is 141 Å². The lowest BCUT2D eigenvalue weighted by molar-refractivity contribution is 0.0728. The number of carbonyl (C=O) groups excluding carboxylic acids is 2. The van der Waals surface area contributed by atoms with E-state index < -0.39 is 5.97 Å². The summed E-state index contributed by atoms with van der Waals surface area (Å²) < 4.78 is 16.0. The van der Waals surface area contributed by atoms with Gasteiger partial charge in [0.1, 0.15) is 5.75 Å². The van der Waals surface area contributed by atoms with Crippen LogP contribution in [-0.4, -0.2) is 26.0 Å². The molecule has 24 heavy (non-hydrogen) atoms. The molecule has 0 N–H and O–H groups in total. The van der Waals surface area contributed by atoms with Crippen LogP contribution in [0, 0.1) is 0 Å². The highest BCUT2D eigenvalue weighted by molar-refractivity contribution is 5.93. The second-order valence-electron chi connectivity index (χ2n) is 5.11. The van der Waals surface area contributed by atoms with E-state index in [1.807, 2.05) is 0 Å². The molecule has 5 nitrogen and oxygen atoms in total. The predicted octanol–water partition coefficient (Wildman–Crippen LogP) is 3.91. The fourth-order valence-electron chi connectivity index (χ4n) is 2.07. The van der Waals surface area contributed by atoms with Crippen molar-refractivity contribution in [3.63, 3.8) is 0 Å². The number of hydrogen-bond acceptors (Lipinski definition) is 5. The molecule has 0 atom stereocenters. The first-order valence-corrected chi connectivity index (χ1v) is 7.76. The molecule has 0 saturated carbocycles. The Morgan fingerprint density at radius 2 is 1.88 bits per heavy atom. The van der Waals surface area contributed by atoms with Crippen molar-refractivity contribution in [3.8, 4) is 17.2 Å². The number of aldehydes is 1. The third-order valence-electron chi connectivity index (χ3n) is 3.41. The third kappa shape index (κ3) is 4.35. The number of unbranched alkanes of at least 4 members (excludes halogenated alkanes) is 1. The summed E-state index contributed by atoms with van der Waals surface area (Å²) in [4.78, 5) is 23.4. The standard InChI is InChI=1S/C19H20O5/c1-3-4-12-23-16-10-8-14(9-11-16)19(21)24-18-15(13-20)6-5-7-17(18)22-2/h5-11,13H,3-4,12H2,1-2H3. The van der Waals surface area contributed by atoms with Gasteiger partial charge in [-0.3, -0.25) is 4.79 Å². The molecule has 0 fully saturated rings. The SMILES string of the molecule is CCCCOc1ccc(C(=O)Oc2c(C=O)cccc2OC)cc1. The van der Waals surface area contributed by atoms with Gasteiger partial charge in [-0.1, -0.05) is 19.4 Å². The van der Waals surface area contributed by atoms with Gasteiger partial charge in [-0.05, 0) is 42.8 Å². The Morgan fingerprint density at radius 1 is 1.12 bits per heavy atom. The number of methoxy groups -OCH3 is 1. The summed E-state index contributed by atoms with van der Waals surface area (Å²) in [6, 6.07) is 11.5. The zero-order chi connectivity index (χ0) is 17.4. The molecule has 126 valence electrons. The van der Waals surface area contributed by atoms with Crippen LogP contribution in [0.4, 0.5) is 0 Å². The highest BCUT2D eigenvalue weighted by Gasteiger charge is 2.16. The van der Waals surface area contributed by atoms with E-state index in [1.165, 1.54) is 7.11 Å². The lowest BCUT2D eigenvalue weighted by Crippen LogP contribution is -2.10. The second kappa shape index (κ2) is 8.72. The van der Waals surface area contributed by atoms with Gasteiger partial charge in [0.2, 0.25) is 0 Å². The van der Waals surface area contributed by atoms with E-state index in [-0.39, 0.29) is 11.3 Å². The van der Waals surface area contributed by atoms with E-state index >= 15 is 0 Å². The maximum atomic E-state index is 12.3. The van der Waals surface area contributed by atoms with Crippen LogP contribution in [0.15, 0.2) is 42.5 Å². The summed E-state index contributed by atoms with van der Waals surface area (Å²) in [5, 5.41) is 0. The van der Waals surface area contributed by atoms with Crippen molar-refractivity contribution in [1.29, 1.82) is 0 Å². The number of hydrogen-bond donors (Lipinski definition) is 0. The summed E-state index contributed by atoms with van der Waals surface area (Å²) in [6.07, 6.45) is 2.66. The molecule has 0 aliphatic heterocycles. The molecule has 0 aliphatic rings. The van der Waals surface area contributed by atoms with Gasteiger partial charge in [0.25, 0.3) is 0 Å². The second-order valence-corrected chi connectivity index (χ2v) is 5.11. The van der Waals surface area contributed by atoms with Crippen LogP contribution in [0.3, 0.4) is 0 Å². The van der Waals surface area contributed by atoms with Gasteiger partial charge in [-0.25, -0.2) is 4.79 Å². The fourth-order valence-corrected chi connectivity index (χ4v) is 2.07. The highest BCUT2D eigenvalue weighted by atomic mass is 16.6. The smallest absolute Gasteiger partial charge is 0.343 e. The Kier molecular flexibility index (Phi) is 6.37. The molecular weight excluding hydrogens is 308 g/mol. The van der Waals surface area contributed by atoms with E-state index in [1.54, 1.807) is 42.5 Å². The summed E-state index contributed by atoms with van der Waals surface area (Å²) >= 11 is 0. The molecule has 2 aromatic rings. The number of rotatable bonds is 8. The summed E-state index contributed by atoms with van der Waals surface area (Å²) in [5.74, 6) is 0.573. The first kappa shape index (κ1) is 17.5. The van der Waals surface area contributed by atoms with Crippen molar-refractivity contribution in [2.75, 3.05) is 13.7 Å². The highest BCUT2D eigenvalue weighted by Crippen LogP contribution is 2.30. The number of benzene rings is 2. The van der Waals surface area contributed by atoms with E-state index in [2.05, 4.69) is 6.92 Å². The van der Waals surface area contributed by atoms with Crippen LogP contribution in [0.2, 0.25) is 0 Å². The molecule has 0 aromatic heterocycles. The van der Waals surface area contributed by atoms with E-state index in [4.69, 9.17) is 14.2 Å². The molecule has 2 rings (SSSR count). The summed E-state index contributed by atoms with van der Waals surface area (Å²) in [7, 11) is 1.45. The predicted molar refractivity (Wildman–Crippen MR) is 90.2 cm³/mol. The first-order valence-electron chi connectivity index (χ1n) is 7.76. The van der Waals surface area contributed by atoms with Crippen molar-refractivity contribution in [2.45, 2.75) is 19.8 Å². The fraction of sp³-hybridized carbons (Fsp3) is 0.263. The molecule has 0 unspecified atom stereocenters. The molecule has 0 amide bonds. The van der Waals surface area contributed by atoms with Gasteiger partial charge < -0.3 is 14.2 Å². The van der Waals surface area contributed by atoms with E-state index in [0.29, 0.717) is 30.0 Å². The first-order chi connectivity index (χ1) is 11.7. The molecule has 0 spiro atoms. The van der Waals surface area contributed by atoms with Crippen molar-refractivity contribution < 1.29 is 23.8 Å². The Bertz CT molecular complexity index is 691. The van der Waals surface area contributed by atoms with Gasteiger partial charge in [0, 0.05) is 0 Å². The molecular formula is C19H20O5. The van der Waals surface area contributed by atoms with Crippen molar-refractivity contribution in [1.82, 2.24) is 0 Å². The Morgan fingerprint density at radius 3 is 2.50 bits per heavy atom. The number of para-hydroxylation sites is 1. The number of carbonyl (C=O) groups is 2.